The van der Waals surface area contributed by atoms with E-state index in [2.05, 4.69) is 27.0 Å². The first-order valence-electron chi connectivity index (χ1n) is 7.70. The third-order valence-corrected chi connectivity index (χ3v) is 4.00. The summed E-state index contributed by atoms with van der Waals surface area (Å²) in [6.07, 6.45) is 5.05. The molecule has 1 aliphatic carbocycles. The number of nitrogen functional groups attached to an aromatic ring is 1. The van der Waals surface area contributed by atoms with Gasteiger partial charge in [-0.15, -0.1) is 0 Å². The van der Waals surface area contributed by atoms with Crippen molar-refractivity contribution < 1.29 is 4.79 Å². The van der Waals surface area contributed by atoms with Crippen molar-refractivity contribution in [2.45, 2.75) is 18.9 Å². The highest BCUT2D eigenvalue weighted by Crippen LogP contribution is 2.30. The zero-order chi connectivity index (χ0) is 16.7. The van der Waals surface area contributed by atoms with Crippen LogP contribution >= 0.6 is 0 Å². The molecule has 1 aromatic carbocycles. The molecule has 24 heavy (non-hydrogen) atoms. The number of aromatic nitrogens is 4. The third kappa shape index (κ3) is 2.40. The molecular formula is C17H16N6O. The lowest BCUT2D eigenvalue weighted by atomic mass is 10.1. The number of carbonyl (C=O) groups excluding carboxylic acids is 1. The van der Waals surface area contributed by atoms with Crippen LogP contribution in [0.25, 0.3) is 28.5 Å². The van der Waals surface area contributed by atoms with E-state index in [1.165, 1.54) is 6.33 Å². The van der Waals surface area contributed by atoms with Gasteiger partial charge in [0, 0.05) is 23.4 Å². The molecule has 0 saturated heterocycles. The van der Waals surface area contributed by atoms with Crippen molar-refractivity contribution in [3.05, 3.63) is 42.7 Å². The second-order valence-corrected chi connectivity index (χ2v) is 5.76. The molecule has 0 spiro atoms. The first-order valence-corrected chi connectivity index (χ1v) is 7.70. The van der Waals surface area contributed by atoms with Crippen molar-refractivity contribution in [3.63, 3.8) is 0 Å². The second-order valence-electron chi connectivity index (χ2n) is 5.76. The molecule has 0 unspecified atom stereocenters. The maximum atomic E-state index is 12.3. The fraction of sp³-hybridized carbons (Fsp3) is 0.176. The van der Waals surface area contributed by atoms with Gasteiger partial charge in [-0.25, -0.2) is 14.6 Å². The van der Waals surface area contributed by atoms with Crippen LogP contribution in [0, 0.1) is 0 Å². The molecule has 0 bridgehead atoms. The van der Waals surface area contributed by atoms with Gasteiger partial charge in [0.1, 0.15) is 17.8 Å². The number of carbonyl (C=O) groups is 1. The molecule has 1 amide bonds. The van der Waals surface area contributed by atoms with Crippen LogP contribution in [0.2, 0.25) is 0 Å². The van der Waals surface area contributed by atoms with E-state index in [-0.39, 0.29) is 5.91 Å². The summed E-state index contributed by atoms with van der Waals surface area (Å²) < 4.78 is 1.56. The van der Waals surface area contributed by atoms with Gasteiger partial charge in [-0.1, -0.05) is 18.7 Å². The van der Waals surface area contributed by atoms with Gasteiger partial charge in [0.2, 0.25) is 0 Å². The summed E-state index contributed by atoms with van der Waals surface area (Å²) in [4.78, 5) is 20.5. The topological polar surface area (TPSA) is 98.7 Å². The largest absolute Gasteiger partial charge is 0.383 e. The molecule has 0 atom stereocenters. The van der Waals surface area contributed by atoms with Gasteiger partial charge in [0.05, 0.1) is 5.39 Å². The molecule has 2 aromatic heterocycles. The van der Waals surface area contributed by atoms with Gasteiger partial charge in [0.15, 0.2) is 5.65 Å². The number of fused-ring (bicyclic) bond motifs is 1. The predicted molar refractivity (Wildman–Crippen MR) is 92.0 cm³/mol. The summed E-state index contributed by atoms with van der Waals surface area (Å²) in [7, 11) is 0. The van der Waals surface area contributed by atoms with Gasteiger partial charge < -0.3 is 11.1 Å². The van der Waals surface area contributed by atoms with Gasteiger partial charge in [-0.2, -0.15) is 5.10 Å². The SMILES string of the molecule is C=Cn1nc(-c2cccc(C(=O)NC3CC3)c2)c2c(N)ncnc21. The number of hydrogen-bond acceptors (Lipinski definition) is 5. The minimum absolute atomic E-state index is 0.0731. The highest BCUT2D eigenvalue weighted by atomic mass is 16.1. The van der Waals surface area contributed by atoms with Gasteiger partial charge in [-0.05, 0) is 25.0 Å². The van der Waals surface area contributed by atoms with Crippen molar-refractivity contribution in [2.24, 2.45) is 0 Å². The smallest absolute Gasteiger partial charge is 0.251 e. The maximum absolute atomic E-state index is 12.3. The minimum atomic E-state index is -0.0731. The monoisotopic (exact) mass is 320 g/mol. The fourth-order valence-corrected chi connectivity index (χ4v) is 2.63. The quantitative estimate of drug-likeness (QED) is 0.766. The Morgan fingerprint density at radius 3 is 2.96 bits per heavy atom. The summed E-state index contributed by atoms with van der Waals surface area (Å²) in [5, 5.41) is 8.13. The molecule has 2 heterocycles. The normalized spacial score (nSPS) is 13.8. The van der Waals surface area contributed by atoms with E-state index in [9.17, 15) is 4.79 Å². The summed E-state index contributed by atoms with van der Waals surface area (Å²) in [5.74, 6) is 0.270. The minimum Gasteiger partial charge on any atom is -0.383 e. The number of nitrogens with two attached hydrogens (primary N) is 1. The predicted octanol–water partition coefficient (Wildman–Crippen LogP) is 2.07. The van der Waals surface area contributed by atoms with Crippen LogP contribution in [0.1, 0.15) is 23.2 Å². The Kier molecular flexibility index (Phi) is 3.26. The average Bonchev–Trinajstić information content (AvgIpc) is 3.32. The van der Waals surface area contributed by atoms with Crippen molar-refractivity contribution in [1.82, 2.24) is 25.1 Å². The Morgan fingerprint density at radius 1 is 1.38 bits per heavy atom. The van der Waals surface area contributed by atoms with Crippen LogP contribution in [0.4, 0.5) is 5.82 Å². The molecule has 1 fully saturated rings. The lowest BCUT2D eigenvalue weighted by molar-refractivity contribution is 0.0951. The summed E-state index contributed by atoms with van der Waals surface area (Å²) in [6, 6.07) is 7.62. The van der Waals surface area contributed by atoms with E-state index in [0.29, 0.717) is 34.2 Å². The van der Waals surface area contributed by atoms with E-state index >= 15 is 0 Å². The van der Waals surface area contributed by atoms with Crippen LogP contribution in [-0.2, 0) is 0 Å². The Labute approximate surface area is 138 Å². The first kappa shape index (κ1) is 14.4. The zero-order valence-electron chi connectivity index (χ0n) is 12.9. The second kappa shape index (κ2) is 5.45. The molecule has 0 aliphatic heterocycles. The van der Waals surface area contributed by atoms with E-state index in [1.807, 2.05) is 12.1 Å². The van der Waals surface area contributed by atoms with E-state index in [1.54, 1.807) is 23.0 Å². The zero-order valence-corrected chi connectivity index (χ0v) is 12.9. The third-order valence-electron chi connectivity index (χ3n) is 4.00. The lowest BCUT2D eigenvalue weighted by Crippen LogP contribution is -2.25. The Balaban J connectivity index is 1.82. The fourth-order valence-electron chi connectivity index (χ4n) is 2.63. The molecule has 120 valence electrons. The highest BCUT2D eigenvalue weighted by Gasteiger charge is 2.24. The van der Waals surface area contributed by atoms with Gasteiger partial charge in [-0.3, -0.25) is 4.79 Å². The van der Waals surface area contributed by atoms with Crippen LogP contribution in [-0.4, -0.2) is 31.7 Å². The Bertz CT molecular complexity index is 957. The van der Waals surface area contributed by atoms with E-state index < -0.39 is 0 Å². The van der Waals surface area contributed by atoms with Crippen LogP contribution < -0.4 is 11.1 Å². The van der Waals surface area contributed by atoms with Crippen molar-refractivity contribution in [3.8, 4) is 11.3 Å². The van der Waals surface area contributed by atoms with Crippen LogP contribution in [0.3, 0.4) is 0 Å². The molecular weight excluding hydrogens is 304 g/mol. The van der Waals surface area contributed by atoms with E-state index in [4.69, 9.17) is 5.73 Å². The van der Waals surface area contributed by atoms with Crippen molar-refractivity contribution >= 4 is 29.0 Å². The molecule has 1 aliphatic rings. The number of nitrogens with one attached hydrogen (secondary N) is 1. The maximum Gasteiger partial charge on any atom is 0.251 e. The molecule has 4 rings (SSSR count). The number of benzene rings is 1. The van der Waals surface area contributed by atoms with Crippen molar-refractivity contribution in [1.29, 1.82) is 0 Å². The van der Waals surface area contributed by atoms with Gasteiger partial charge >= 0.3 is 0 Å². The number of nitrogens with zero attached hydrogens (tertiary/aromatic N) is 4. The average molecular weight is 320 g/mol. The Hall–Kier alpha value is -3.22. The number of amides is 1. The molecule has 0 radical (unpaired) electrons. The van der Waals surface area contributed by atoms with Crippen LogP contribution in [0.15, 0.2) is 37.2 Å². The Morgan fingerprint density at radius 2 is 2.21 bits per heavy atom. The lowest BCUT2D eigenvalue weighted by Gasteiger charge is -2.05. The van der Waals surface area contributed by atoms with E-state index in [0.717, 1.165) is 18.4 Å². The number of rotatable bonds is 4. The molecule has 7 nitrogen and oxygen atoms in total. The van der Waals surface area contributed by atoms with Gasteiger partial charge in [0.25, 0.3) is 5.91 Å². The molecule has 1 saturated carbocycles. The van der Waals surface area contributed by atoms with Crippen molar-refractivity contribution in [2.75, 3.05) is 5.73 Å². The summed E-state index contributed by atoms with van der Waals surface area (Å²) >= 11 is 0. The number of hydrogen-bond donors (Lipinski definition) is 2. The first-order chi connectivity index (χ1) is 11.7. The highest BCUT2D eigenvalue weighted by molar-refractivity contribution is 6.01. The van der Waals surface area contributed by atoms with Crippen LogP contribution in [0.5, 0.6) is 0 Å². The molecule has 7 heteroatoms. The summed E-state index contributed by atoms with van der Waals surface area (Å²) in [5.41, 5.74) is 8.61. The molecule has 3 N–H and O–H groups in total. The molecule has 3 aromatic rings. The summed E-state index contributed by atoms with van der Waals surface area (Å²) in [6.45, 7) is 3.74. The standard InChI is InChI=1S/C17H16N6O/c1-2-23-16-13(15(18)19-9-20-16)14(22-23)10-4-3-5-11(8-10)17(24)21-12-6-7-12/h2-5,8-9,12H,1,6-7H2,(H,21,24)(H2,18,19,20). The number of anilines is 1.